The van der Waals surface area contributed by atoms with E-state index in [1.54, 1.807) is 6.07 Å². The molecule has 1 aromatic rings. The third kappa shape index (κ3) is 2.99. The van der Waals surface area contributed by atoms with Crippen LogP contribution in [-0.2, 0) is 0 Å². The van der Waals surface area contributed by atoms with Gasteiger partial charge in [0.05, 0.1) is 0 Å². The molecule has 0 bridgehead atoms. The van der Waals surface area contributed by atoms with Gasteiger partial charge in [0.2, 0.25) is 0 Å². The molecule has 17 heavy (non-hydrogen) atoms. The van der Waals surface area contributed by atoms with Crippen molar-refractivity contribution in [2.45, 2.75) is 32.1 Å². The lowest BCUT2D eigenvalue weighted by Gasteiger charge is -2.20. The maximum Gasteiger partial charge on any atom is 0.128 e. The molecule has 1 aliphatic carbocycles. The van der Waals surface area contributed by atoms with Crippen LogP contribution < -0.4 is 5.32 Å². The van der Waals surface area contributed by atoms with Crippen molar-refractivity contribution in [2.75, 3.05) is 13.1 Å². The molecule has 0 aromatic heterocycles. The molecule has 1 N–H and O–H groups in total. The molecule has 1 aromatic carbocycles. The number of hydrogen-bond acceptors (Lipinski definition) is 1. The summed E-state index contributed by atoms with van der Waals surface area (Å²) in [5.41, 5.74) is 0.842. The average Bonchev–Trinajstić information content (AvgIpc) is 2.74. The Morgan fingerprint density at radius 1 is 1.41 bits per heavy atom. The van der Waals surface area contributed by atoms with Crippen molar-refractivity contribution in [3.63, 3.8) is 0 Å². The van der Waals surface area contributed by atoms with E-state index in [4.69, 9.17) is 11.6 Å². The van der Waals surface area contributed by atoms with Gasteiger partial charge in [-0.3, -0.25) is 0 Å². The molecule has 2 rings (SSSR count). The predicted octanol–water partition coefficient (Wildman–Crippen LogP) is 3.97. The number of halogens is 2. The van der Waals surface area contributed by atoms with Crippen molar-refractivity contribution in [1.82, 2.24) is 5.32 Å². The molecular formula is C14H19ClFN. The van der Waals surface area contributed by atoms with E-state index in [1.807, 2.05) is 6.07 Å². The minimum atomic E-state index is -0.147. The molecule has 0 radical (unpaired) electrons. The van der Waals surface area contributed by atoms with Gasteiger partial charge in [-0.15, -0.1) is 0 Å². The largest absolute Gasteiger partial charge is 0.317 e. The summed E-state index contributed by atoms with van der Waals surface area (Å²) in [5, 5.41) is 3.85. The van der Waals surface area contributed by atoms with Crippen LogP contribution in [0.5, 0.6) is 0 Å². The fourth-order valence-electron chi connectivity index (χ4n) is 2.82. The molecule has 0 aliphatic heterocycles. The monoisotopic (exact) mass is 255 g/mol. The van der Waals surface area contributed by atoms with E-state index < -0.39 is 0 Å². The molecule has 0 heterocycles. The summed E-state index contributed by atoms with van der Waals surface area (Å²) in [6, 6.07) is 5.08. The average molecular weight is 256 g/mol. The van der Waals surface area contributed by atoms with Crippen LogP contribution >= 0.6 is 11.6 Å². The fraction of sp³-hybridized carbons (Fsp3) is 0.571. The summed E-state index contributed by atoms with van der Waals surface area (Å²) >= 11 is 5.79. The van der Waals surface area contributed by atoms with Gasteiger partial charge >= 0.3 is 0 Å². The van der Waals surface area contributed by atoms with Gasteiger partial charge in [0.25, 0.3) is 0 Å². The van der Waals surface area contributed by atoms with Crippen LogP contribution in [0.1, 0.15) is 37.7 Å². The highest BCUT2D eigenvalue weighted by atomic mass is 35.5. The Morgan fingerprint density at radius 3 is 2.94 bits per heavy atom. The van der Waals surface area contributed by atoms with Crippen molar-refractivity contribution in [1.29, 1.82) is 0 Å². The van der Waals surface area contributed by atoms with E-state index in [9.17, 15) is 4.39 Å². The van der Waals surface area contributed by atoms with Crippen LogP contribution in [0, 0.1) is 11.7 Å². The molecular weight excluding hydrogens is 237 g/mol. The lowest BCUT2D eigenvalue weighted by atomic mass is 9.88. The molecule has 1 saturated carbocycles. The lowest BCUT2D eigenvalue weighted by Crippen LogP contribution is -2.24. The Balaban J connectivity index is 2.14. The Bertz CT molecular complexity index is 380. The van der Waals surface area contributed by atoms with Crippen LogP contribution in [0.2, 0.25) is 5.02 Å². The van der Waals surface area contributed by atoms with Crippen LogP contribution in [0.4, 0.5) is 4.39 Å². The van der Waals surface area contributed by atoms with E-state index in [1.165, 1.54) is 18.9 Å². The zero-order chi connectivity index (χ0) is 12.3. The third-order valence-electron chi connectivity index (χ3n) is 3.68. The van der Waals surface area contributed by atoms with Crippen LogP contribution in [-0.4, -0.2) is 13.1 Å². The summed E-state index contributed by atoms with van der Waals surface area (Å²) in [4.78, 5) is 0. The standard InChI is InChI=1S/C14H19ClFN/c1-2-17-9-10-4-3-5-12(10)13-7-6-11(15)8-14(13)16/h6-8,10,12,17H,2-5,9H2,1H3. The topological polar surface area (TPSA) is 12.0 Å². The highest BCUT2D eigenvalue weighted by Crippen LogP contribution is 2.40. The van der Waals surface area contributed by atoms with Crippen molar-refractivity contribution in [2.24, 2.45) is 5.92 Å². The first kappa shape index (κ1) is 12.8. The summed E-state index contributed by atoms with van der Waals surface area (Å²) in [5.74, 6) is 0.767. The van der Waals surface area contributed by atoms with Crippen molar-refractivity contribution in [3.05, 3.63) is 34.6 Å². The fourth-order valence-corrected chi connectivity index (χ4v) is 2.98. The van der Waals surface area contributed by atoms with E-state index >= 15 is 0 Å². The minimum absolute atomic E-state index is 0.147. The Hall–Kier alpha value is -0.600. The second-order valence-electron chi connectivity index (χ2n) is 4.77. The van der Waals surface area contributed by atoms with Crippen LogP contribution in [0.15, 0.2) is 18.2 Å². The van der Waals surface area contributed by atoms with Gasteiger partial charge in [0, 0.05) is 5.02 Å². The molecule has 94 valence electrons. The molecule has 0 amide bonds. The highest BCUT2D eigenvalue weighted by Gasteiger charge is 2.29. The summed E-state index contributed by atoms with van der Waals surface area (Å²) in [6.45, 7) is 4.07. The van der Waals surface area contributed by atoms with Crippen LogP contribution in [0.25, 0.3) is 0 Å². The van der Waals surface area contributed by atoms with Gasteiger partial charge in [-0.2, -0.15) is 0 Å². The van der Waals surface area contributed by atoms with Crippen molar-refractivity contribution in [3.8, 4) is 0 Å². The third-order valence-corrected chi connectivity index (χ3v) is 3.91. The van der Waals surface area contributed by atoms with Gasteiger partial charge in [-0.05, 0) is 55.5 Å². The SMILES string of the molecule is CCNCC1CCCC1c1ccc(Cl)cc1F. The molecule has 1 fully saturated rings. The number of nitrogens with one attached hydrogen (secondary N) is 1. The number of hydrogen-bond donors (Lipinski definition) is 1. The molecule has 2 atom stereocenters. The van der Waals surface area contributed by atoms with Gasteiger partial charge < -0.3 is 5.32 Å². The first-order chi connectivity index (χ1) is 8.22. The van der Waals surface area contributed by atoms with Crippen molar-refractivity contribution < 1.29 is 4.39 Å². The first-order valence-corrected chi connectivity index (χ1v) is 6.75. The lowest BCUT2D eigenvalue weighted by molar-refractivity contribution is 0.437. The number of benzene rings is 1. The van der Waals surface area contributed by atoms with E-state index in [0.717, 1.165) is 25.1 Å². The normalized spacial score (nSPS) is 24.2. The maximum atomic E-state index is 13.9. The quantitative estimate of drug-likeness (QED) is 0.858. The van der Waals surface area contributed by atoms with Crippen LogP contribution in [0.3, 0.4) is 0 Å². The molecule has 3 heteroatoms. The Labute approximate surface area is 107 Å². The minimum Gasteiger partial charge on any atom is -0.317 e. The van der Waals surface area contributed by atoms with Gasteiger partial charge in [-0.25, -0.2) is 4.39 Å². The summed E-state index contributed by atoms with van der Waals surface area (Å²) in [7, 11) is 0. The van der Waals surface area contributed by atoms with E-state index in [-0.39, 0.29) is 5.82 Å². The smallest absolute Gasteiger partial charge is 0.128 e. The molecule has 0 spiro atoms. The summed E-state index contributed by atoms with van der Waals surface area (Å²) in [6.07, 6.45) is 3.48. The van der Waals surface area contributed by atoms with Gasteiger partial charge in [0.15, 0.2) is 0 Å². The second-order valence-corrected chi connectivity index (χ2v) is 5.21. The highest BCUT2D eigenvalue weighted by molar-refractivity contribution is 6.30. The number of rotatable bonds is 4. The molecule has 1 nitrogen and oxygen atoms in total. The van der Waals surface area contributed by atoms with Crippen molar-refractivity contribution >= 4 is 11.6 Å². The van der Waals surface area contributed by atoms with Gasteiger partial charge in [-0.1, -0.05) is 31.0 Å². The van der Waals surface area contributed by atoms with E-state index in [2.05, 4.69) is 12.2 Å². The van der Waals surface area contributed by atoms with Gasteiger partial charge in [0.1, 0.15) is 5.82 Å². The molecule has 1 aliphatic rings. The Kier molecular flexibility index (Phi) is 4.41. The predicted molar refractivity (Wildman–Crippen MR) is 70.0 cm³/mol. The zero-order valence-corrected chi connectivity index (χ0v) is 10.9. The molecule has 0 saturated heterocycles. The molecule has 2 unspecified atom stereocenters. The maximum absolute atomic E-state index is 13.9. The Morgan fingerprint density at radius 2 is 2.24 bits per heavy atom. The van der Waals surface area contributed by atoms with E-state index in [0.29, 0.717) is 16.9 Å². The first-order valence-electron chi connectivity index (χ1n) is 6.38. The summed E-state index contributed by atoms with van der Waals surface area (Å²) < 4.78 is 13.9. The zero-order valence-electron chi connectivity index (χ0n) is 10.2. The second kappa shape index (κ2) is 5.83.